The molecule has 0 saturated carbocycles. The summed E-state index contributed by atoms with van der Waals surface area (Å²) >= 11 is 0. The van der Waals surface area contributed by atoms with Crippen molar-refractivity contribution >= 4 is 11.6 Å². The van der Waals surface area contributed by atoms with Crippen LogP contribution in [-0.2, 0) is 9.53 Å². The lowest BCUT2D eigenvalue weighted by atomic mass is 9.76. The Kier molecular flexibility index (Phi) is 7.60. The standard InChI is InChI=1S/C30H32FNO5/c1-19(2)26-15-22(21-4-3-5-23(31)14-21)17-37-30(26)20-6-9-25(10-7-20)36-18-29(33)32-24-8-11-27-28(16-24)35-13-12-34-27/h3-11,14,16,19,22,26,30H,12-13,15,17-18H2,1-2H3,(H,32,33)/t22-,26-,30-/m0/s1. The predicted molar refractivity (Wildman–Crippen MR) is 139 cm³/mol. The van der Waals surface area contributed by atoms with E-state index in [-0.39, 0.29) is 30.4 Å². The summed E-state index contributed by atoms with van der Waals surface area (Å²) in [5.41, 5.74) is 2.69. The fourth-order valence-corrected chi connectivity index (χ4v) is 5.04. The average molecular weight is 506 g/mol. The van der Waals surface area contributed by atoms with Crippen LogP contribution in [0.5, 0.6) is 17.2 Å². The highest BCUT2D eigenvalue weighted by Crippen LogP contribution is 2.43. The van der Waals surface area contributed by atoms with Gasteiger partial charge in [-0.1, -0.05) is 38.1 Å². The molecule has 2 aliphatic rings. The van der Waals surface area contributed by atoms with Crippen molar-refractivity contribution in [3.05, 3.63) is 83.7 Å². The predicted octanol–water partition coefficient (Wildman–Crippen LogP) is 6.13. The minimum Gasteiger partial charge on any atom is -0.486 e. The second kappa shape index (κ2) is 11.2. The molecule has 0 radical (unpaired) electrons. The summed E-state index contributed by atoms with van der Waals surface area (Å²) in [7, 11) is 0. The van der Waals surface area contributed by atoms with Gasteiger partial charge in [0.2, 0.25) is 0 Å². The van der Waals surface area contributed by atoms with Gasteiger partial charge in [0.05, 0.1) is 12.7 Å². The zero-order chi connectivity index (χ0) is 25.8. The van der Waals surface area contributed by atoms with Gasteiger partial charge in [-0.25, -0.2) is 4.39 Å². The van der Waals surface area contributed by atoms with E-state index in [0.29, 0.717) is 54.6 Å². The smallest absolute Gasteiger partial charge is 0.262 e. The molecule has 3 aromatic carbocycles. The second-order valence-electron chi connectivity index (χ2n) is 9.91. The van der Waals surface area contributed by atoms with Crippen LogP contribution < -0.4 is 19.5 Å². The molecule has 2 heterocycles. The third-order valence-corrected chi connectivity index (χ3v) is 7.00. The third-order valence-electron chi connectivity index (χ3n) is 7.00. The van der Waals surface area contributed by atoms with Crippen LogP contribution in [0.4, 0.5) is 10.1 Å². The number of amides is 1. The molecule has 1 fully saturated rings. The molecule has 2 aliphatic heterocycles. The fourth-order valence-electron chi connectivity index (χ4n) is 5.04. The number of carbonyl (C=O) groups excluding carboxylic acids is 1. The van der Waals surface area contributed by atoms with E-state index in [0.717, 1.165) is 17.5 Å². The Morgan fingerprint density at radius 1 is 1.00 bits per heavy atom. The minimum absolute atomic E-state index is 0.0441. The number of anilines is 1. The van der Waals surface area contributed by atoms with Gasteiger partial charge < -0.3 is 24.3 Å². The zero-order valence-corrected chi connectivity index (χ0v) is 21.1. The zero-order valence-electron chi connectivity index (χ0n) is 21.1. The van der Waals surface area contributed by atoms with Crippen molar-refractivity contribution < 1.29 is 28.1 Å². The molecule has 0 unspecified atom stereocenters. The summed E-state index contributed by atoms with van der Waals surface area (Å²) in [6.07, 6.45) is 0.890. The Bertz CT molecular complexity index is 1230. The summed E-state index contributed by atoms with van der Waals surface area (Å²) in [6, 6.07) is 19.8. The van der Waals surface area contributed by atoms with E-state index in [4.69, 9.17) is 18.9 Å². The van der Waals surface area contributed by atoms with Crippen molar-refractivity contribution in [1.29, 1.82) is 0 Å². The van der Waals surface area contributed by atoms with Crippen LogP contribution in [0.3, 0.4) is 0 Å². The van der Waals surface area contributed by atoms with E-state index >= 15 is 0 Å². The lowest BCUT2D eigenvalue weighted by molar-refractivity contribution is -0.118. The topological polar surface area (TPSA) is 66.0 Å². The van der Waals surface area contributed by atoms with Gasteiger partial charge in [-0.2, -0.15) is 0 Å². The summed E-state index contributed by atoms with van der Waals surface area (Å²) < 4.78 is 36.9. The van der Waals surface area contributed by atoms with Crippen LogP contribution >= 0.6 is 0 Å². The molecule has 5 rings (SSSR count). The molecule has 6 nitrogen and oxygen atoms in total. The Morgan fingerprint density at radius 3 is 2.54 bits per heavy atom. The van der Waals surface area contributed by atoms with Crippen molar-refractivity contribution in [3.8, 4) is 17.2 Å². The molecule has 1 N–H and O–H groups in total. The van der Waals surface area contributed by atoms with Crippen LogP contribution in [0, 0.1) is 17.7 Å². The minimum atomic E-state index is -0.264. The fraction of sp³-hybridized carbons (Fsp3) is 0.367. The summed E-state index contributed by atoms with van der Waals surface area (Å²) in [6.45, 7) is 5.85. The lowest BCUT2D eigenvalue weighted by Crippen LogP contribution is -2.31. The van der Waals surface area contributed by atoms with Crippen molar-refractivity contribution in [2.24, 2.45) is 11.8 Å². The monoisotopic (exact) mass is 505 g/mol. The normalized spacial score (nSPS) is 20.9. The third kappa shape index (κ3) is 6.05. The molecule has 3 atom stereocenters. The first-order valence-corrected chi connectivity index (χ1v) is 12.8. The number of hydrogen-bond acceptors (Lipinski definition) is 5. The molecule has 37 heavy (non-hydrogen) atoms. The highest BCUT2D eigenvalue weighted by molar-refractivity contribution is 5.92. The van der Waals surface area contributed by atoms with Crippen molar-refractivity contribution in [1.82, 2.24) is 0 Å². The van der Waals surface area contributed by atoms with Crippen LogP contribution in [0.2, 0.25) is 0 Å². The molecule has 3 aromatic rings. The number of fused-ring (bicyclic) bond motifs is 1. The highest BCUT2D eigenvalue weighted by atomic mass is 19.1. The van der Waals surface area contributed by atoms with Gasteiger partial charge in [0, 0.05) is 17.7 Å². The van der Waals surface area contributed by atoms with E-state index in [2.05, 4.69) is 19.2 Å². The van der Waals surface area contributed by atoms with Gasteiger partial charge in [0.25, 0.3) is 5.91 Å². The molecular formula is C30H32FNO5. The SMILES string of the molecule is CC(C)[C@@H]1C[C@H](c2cccc(F)c2)CO[C@H]1c1ccc(OCC(=O)Nc2ccc3c(c2)OCCO3)cc1. The Hall–Kier alpha value is -3.58. The maximum Gasteiger partial charge on any atom is 0.262 e. The first kappa shape index (κ1) is 25.1. The lowest BCUT2D eigenvalue weighted by Gasteiger charge is -2.39. The molecule has 0 aromatic heterocycles. The Morgan fingerprint density at radius 2 is 1.78 bits per heavy atom. The molecule has 1 saturated heterocycles. The highest BCUT2D eigenvalue weighted by Gasteiger charge is 2.35. The second-order valence-corrected chi connectivity index (χ2v) is 9.91. The molecule has 7 heteroatoms. The van der Waals surface area contributed by atoms with Crippen LogP contribution in [0.25, 0.3) is 0 Å². The van der Waals surface area contributed by atoms with Crippen LogP contribution in [-0.4, -0.2) is 32.3 Å². The van der Waals surface area contributed by atoms with Gasteiger partial charge >= 0.3 is 0 Å². The van der Waals surface area contributed by atoms with E-state index in [1.807, 2.05) is 30.3 Å². The van der Waals surface area contributed by atoms with Crippen molar-refractivity contribution in [2.45, 2.75) is 32.3 Å². The van der Waals surface area contributed by atoms with Crippen LogP contribution in [0.1, 0.15) is 43.4 Å². The molecule has 0 spiro atoms. The number of carbonyl (C=O) groups is 1. The van der Waals surface area contributed by atoms with Gasteiger partial charge in [0.1, 0.15) is 24.8 Å². The number of rotatable bonds is 7. The maximum absolute atomic E-state index is 13.8. The summed E-state index contributed by atoms with van der Waals surface area (Å²) in [4.78, 5) is 12.4. The molecule has 0 bridgehead atoms. The van der Waals surface area contributed by atoms with E-state index < -0.39 is 0 Å². The molecule has 1 amide bonds. The van der Waals surface area contributed by atoms with E-state index in [9.17, 15) is 9.18 Å². The van der Waals surface area contributed by atoms with Gasteiger partial charge in [-0.3, -0.25) is 4.79 Å². The van der Waals surface area contributed by atoms with Gasteiger partial charge in [-0.15, -0.1) is 0 Å². The van der Waals surface area contributed by atoms with Crippen molar-refractivity contribution in [3.63, 3.8) is 0 Å². The largest absolute Gasteiger partial charge is 0.486 e. The number of ether oxygens (including phenoxy) is 4. The number of benzene rings is 3. The first-order chi connectivity index (χ1) is 18.0. The number of nitrogens with one attached hydrogen (secondary N) is 1. The van der Waals surface area contributed by atoms with Gasteiger partial charge in [-0.05, 0) is 65.8 Å². The van der Waals surface area contributed by atoms with E-state index in [1.54, 1.807) is 30.3 Å². The van der Waals surface area contributed by atoms with Gasteiger partial charge in [0.15, 0.2) is 18.1 Å². The quantitative estimate of drug-likeness (QED) is 0.418. The molecule has 194 valence electrons. The molecule has 0 aliphatic carbocycles. The molecular weight excluding hydrogens is 473 g/mol. The number of hydrogen-bond donors (Lipinski definition) is 1. The Labute approximate surface area is 216 Å². The van der Waals surface area contributed by atoms with Crippen LogP contribution in [0.15, 0.2) is 66.7 Å². The average Bonchev–Trinajstić information content (AvgIpc) is 2.92. The van der Waals surface area contributed by atoms with Crippen molar-refractivity contribution in [2.75, 3.05) is 31.7 Å². The summed E-state index contributed by atoms with van der Waals surface area (Å²) in [5.74, 6) is 2.30. The Balaban J connectivity index is 1.17. The number of halogens is 1. The first-order valence-electron chi connectivity index (χ1n) is 12.8. The summed E-state index contributed by atoms with van der Waals surface area (Å²) in [5, 5.41) is 2.82. The maximum atomic E-state index is 13.8. The van der Waals surface area contributed by atoms with E-state index in [1.165, 1.54) is 6.07 Å².